The van der Waals surface area contributed by atoms with E-state index >= 15 is 0 Å². The van der Waals surface area contributed by atoms with E-state index in [9.17, 15) is 4.79 Å². The molecule has 0 saturated carbocycles. The van der Waals surface area contributed by atoms with Crippen LogP contribution in [-0.2, 0) is 9.53 Å². The summed E-state index contributed by atoms with van der Waals surface area (Å²) in [5.74, 6) is -0.00694. The number of esters is 1. The SMILES string of the molecule is O=C1OCC12CCNC2. The van der Waals surface area contributed by atoms with E-state index in [1.165, 1.54) is 0 Å². The van der Waals surface area contributed by atoms with Crippen LogP contribution < -0.4 is 5.32 Å². The summed E-state index contributed by atoms with van der Waals surface area (Å²) in [6, 6.07) is 0. The average molecular weight is 127 g/mol. The van der Waals surface area contributed by atoms with Gasteiger partial charge in [0.05, 0.1) is 0 Å². The van der Waals surface area contributed by atoms with Crippen LogP contribution in [0.5, 0.6) is 0 Å². The van der Waals surface area contributed by atoms with Crippen LogP contribution in [-0.4, -0.2) is 25.7 Å². The number of carbonyl (C=O) groups excluding carboxylic acids is 1. The lowest BCUT2D eigenvalue weighted by molar-refractivity contribution is -0.182. The van der Waals surface area contributed by atoms with Gasteiger partial charge in [-0.2, -0.15) is 0 Å². The lowest BCUT2D eigenvalue weighted by atomic mass is 9.84. The summed E-state index contributed by atoms with van der Waals surface area (Å²) in [6.07, 6.45) is 0.964. The Morgan fingerprint density at radius 1 is 1.67 bits per heavy atom. The predicted octanol–water partition coefficient (Wildman–Crippen LogP) is -0.477. The molecule has 1 unspecified atom stereocenters. The van der Waals surface area contributed by atoms with Gasteiger partial charge in [-0.3, -0.25) is 4.79 Å². The van der Waals surface area contributed by atoms with Crippen LogP contribution in [0.1, 0.15) is 6.42 Å². The molecule has 1 atom stereocenters. The van der Waals surface area contributed by atoms with E-state index in [-0.39, 0.29) is 11.4 Å². The van der Waals surface area contributed by atoms with Crippen LogP contribution in [0.15, 0.2) is 0 Å². The normalized spacial score (nSPS) is 40.7. The molecule has 2 aliphatic heterocycles. The molecule has 0 radical (unpaired) electrons. The molecule has 0 bridgehead atoms. The Balaban J connectivity index is 2.14. The third-order valence-electron chi connectivity index (χ3n) is 2.16. The van der Waals surface area contributed by atoms with Crippen molar-refractivity contribution in [3.63, 3.8) is 0 Å². The van der Waals surface area contributed by atoms with Crippen LogP contribution in [0.25, 0.3) is 0 Å². The molecule has 3 nitrogen and oxygen atoms in total. The minimum Gasteiger partial charge on any atom is -0.464 e. The Bertz CT molecular complexity index is 149. The van der Waals surface area contributed by atoms with E-state index < -0.39 is 0 Å². The number of nitrogens with one attached hydrogen (secondary N) is 1. The van der Waals surface area contributed by atoms with Crippen molar-refractivity contribution in [2.45, 2.75) is 6.42 Å². The molecule has 9 heavy (non-hydrogen) atoms. The van der Waals surface area contributed by atoms with Crippen LogP contribution in [0.3, 0.4) is 0 Å². The van der Waals surface area contributed by atoms with Gasteiger partial charge in [0.2, 0.25) is 0 Å². The van der Waals surface area contributed by atoms with Crippen molar-refractivity contribution in [2.24, 2.45) is 5.41 Å². The van der Waals surface area contributed by atoms with E-state index in [1.807, 2.05) is 0 Å². The summed E-state index contributed by atoms with van der Waals surface area (Å²) in [5.41, 5.74) is -0.0972. The quantitative estimate of drug-likeness (QED) is 0.447. The molecule has 2 heterocycles. The zero-order valence-corrected chi connectivity index (χ0v) is 5.14. The Kier molecular flexibility index (Phi) is 0.858. The fraction of sp³-hybridized carbons (Fsp3) is 0.833. The van der Waals surface area contributed by atoms with Gasteiger partial charge in [-0.05, 0) is 13.0 Å². The summed E-state index contributed by atoms with van der Waals surface area (Å²) in [5, 5.41) is 3.14. The van der Waals surface area contributed by atoms with E-state index in [1.54, 1.807) is 0 Å². The molecular weight excluding hydrogens is 118 g/mol. The zero-order chi connectivity index (χ0) is 6.32. The lowest BCUT2D eigenvalue weighted by Gasteiger charge is -2.34. The van der Waals surface area contributed by atoms with Crippen molar-refractivity contribution in [3.8, 4) is 0 Å². The fourth-order valence-electron chi connectivity index (χ4n) is 1.38. The molecule has 0 aromatic carbocycles. The second-order valence-electron chi connectivity index (χ2n) is 2.78. The third kappa shape index (κ3) is 0.525. The maximum Gasteiger partial charge on any atom is 0.316 e. The minimum absolute atomic E-state index is 0.00694. The molecule has 1 N–H and O–H groups in total. The first kappa shape index (κ1) is 5.23. The van der Waals surface area contributed by atoms with Crippen LogP contribution in [0.2, 0.25) is 0 Å². The highest BCUT2D eigenvalue weighted by molar-refractivity contribution is 5.82. The van der Waals surface area contributed by atoms with Gasteiger partial charge >= 0.3 is 5.97 Å². The Morgan fingerprint density at radius 2 is 2.56 bits per heavy atom. The topological polar surface area (TPSA) is 38.3 Å². The largest absolute Gasteiger partial charge is 0.464 e. The first-order chi connectivity index (χ1) is 4.33. The number of hydrogen-bond acceptors (Lipinski definition) is 3. The molecule has 1 spiro atoms. The Hall–Kier alpha value is -0.570. The van der Waals surface area contributed by atoms with E-state index in [0.717, 1.165) is 19.5 Å². The first-order valence-electron chi connectivity index (χ1n) is 3.21. The summed E-state index contributed by atoms with van der Waals surface area (Å²) >= 11 is 0. The molecule has 0 aliphatic carbocycles. The van der Waals surface area contributed by atoms with Crippen molar-refractivity contribution in [2.75, 3.05) is 19.7 Å². The number of hydrogen-bond donors (Lipinski definition) is 1. The maximum absolute atomic E-state index is 10.8. The van der Waals surface area contributed by atoms with Gasteiger partial charge in [0.1, 0.15) is 12.0 Å². The zero-order valence-electron chi connectivity index (χ0n) is 5.14. The third-order valence-corrected chi connectivity index (χ3v) is 2.16. The minimum atomic E-state index is -0.0972. The Labute approximate surface area is 53.4 Å². The number of cyclic esters (lactones) is 1. The molecule has 0 aromatic heterocycles. The summed E-state index contributed by atoms with van der Waals surface area (Å²) in [6.45, 7) is 2.43. The van der Waals surface area contributed by atoms with E-state index in [4.69, 9.17) is 0 Å². The fourth-order valence-corrected chi connectivity index (χ4v) is 1.38. The molecule has 50 valence electrons. The highest BCUT2D eigenvalue weighted by Gasteiger charge is 2.50. The van der Waals surface area contributed by atoms with Crippen LogP contribution in [0.4, 0.5) is 0 Å². The molecule has 2 aliphatic rings. The van der Waals surface area contributed by atoms with Gasteiger partial charge in [-0.1, -0.05) is 0 Å². The first-order valence-corrected chi connectivity index (χ1v) is 3.21. The van der Waals surface area contributed by atoms with Gasteiger partial charge < -0.3 is 10.1 Å². The van der Waals surface area contributed by atoms with E-state index in [2.05, 4.69) is 10.1 Å². The smallest absolute Gasteiger partial charge is 0.316 e. The van der Waals surface area contributed by atoms with E-state index in [0.29, 0.717) is 6.61 Å². The van der Waals surface area contributed by atoms with Crippen molar-refractivity contribution in [3.05, 3.63) is 0 Å². The number of rotatable bonds is 0. The summed E-state index contributed by atoms with van der Waals surface area (Å²) in [4.78, 5) is 10.8. The standard InChI is InChI=1S/C6H9NO2/c8-5-6(4-9-5)1-2-7-3-6/h7H,1-4H2. The van der Waals surface area contributed by atoms with Crippen LogP contribution >= 0.6 is 0 Å². The average Bonchev–Trinajstić information content (AvgIpc) is 2.34. The van der Waals surface area contributed by atoms with Crippen molar-refractivity contribution in [1.29, 1.82) is 0 Å². The van der Waals surface area contributed by atoms with Gasteiger partial charge in [-0.25, -0.2) is 0 Å². The second kappa shape index (κ2) is 1.48. The molecule has 2 rings (SSSR count). The van der Waals surface area contributed by atoms with Crippen molar-refractivity contribution < 1.29 is 9.53 Å². The molecular formula is C6H9NO2. The molecule has 0 amide bonds. The van der Waals surface area contributed by atoms with Crippen LogP contribution in [0, 0.1) is 5.41 Å². The van der Waals surface area contributed by atoms with Crippen molar-refractivity contribution in [1.82, 2.24) is 5.32 Å². The van der Waals surface area contributed by atoms with Gasteiger partial charge in [0, 0.05) is 6.54 Å². The predicted molar refractivity (Wildman–Crippen MR) is 30.9 cm³/mol. The second-order valence-corrected chi connectivity index (χ2v) is 2.78. The highest BCUT2D eigenvalue weighted by atomic mass is 16.6. The number of ether oxygens (including phenoxy) is 1. The van der Waals surface area contributed by atoms with Gasteiger partial charge in [0.15, 0.2) is 0 Å². The monoisotopic (exact) mass is 127 g/mol. The molecule has 2 saturated heterocycles. The lowest BCUT2D eigenvalue weighted by Crippen LogP contribution is -2.49. The summed E-state index contributed by atoms with van der Waals surface area (Å²) in [7, 11) is 0. The number of carbonyl (C=O) groups is 1. The van der Waals surface area contributed by atoms with Gasteiger partial charge in [0.25, 0.3) is 0 Å². The highest BCUT2D eigenvalue weighted by Crippen LogP contribution is 2.34. The molecule has 2 fully saturated rings. The molecule has 0 aromatic rings. The Morgan fingerprint density at radius 3 is 2.78 bits per heavy atom. The molecule has 3 heteroatoms. The maximum atomic E-state index is 10.8. The summed E-state index contributed by atoms with van der Waals surface area (Å²) < 4.78 is 4.69. The van der Waals surface area contributed by atoms with Gasteiger partial charge in [-0.15, -0.1) is 0 Å². The van der Waals surface area contributed by atoms with Crippen molar-refractivity contribution >= 4 is 5.97 Å².